The molecule has 0 bridgehead atoms. The molecule has 1 N–H and O–H groups in total. The second kappa shape index (κ2) is 6.05. The second-order valence-electron chi connectivity index (χ2n) is 4.35. The Morgan fingerprint density at radius 1 is 1.39 bits per heavy atom. The molecule has 0 spiro atoms. The van der Waals surface area contributed by atoms with E-state index in [4.69, 9.17) is 0 Å². The smallest absolute Gasteiger partial charge is 0.128 e. The fourth-order valence-electron chi connectivity index (χ4n) is 1.95. The molecule has 1 aromatic heterocycles. The van der Waals surface area contributed by atoms with Gasteiger partial charge in [0.1, 0.15) is 5.82 Å². The number of halogens is 1. The first-order valence-corrected chi connectivity index (χ1v) is 7.00. The summed E-state index contributed by atoms with van der Waals surface area (Å²) in [4.78, 5) is 4.39. The number of nitrogens with zero attached hydrogens (tertiary/aromatic N) is 2. The van der Waals surface area contributed by atoms with Crippen LogP contribution in [0.3, 0.4) is 0 Å². The monoisotopic (exact) mass is 307 g/mol. The highest BCUT2D eigenvalue weighted by atomic mass is 79.9. The minimum Gasteiger partial charge on any atom is -0.378 e. The highest BCUT2D eigenvalue weighted by Crippen LogP contribution is 2.20. The molecular weight excluding hydrogens is 290 g/mol. The van der Waals surface area contributed by atoms with Gasteiger partial charge in [0.15, 0.2) is 0 Å². The molecule has 3 nitrogen and oxygen atoms in total. The summed E-state index contributed by atoms with van der Waals surface area (Å²) in [6.07, 6.45) is 5.02. The van der Waals surface area contributed by atoms with Gasteiger partial charge in [-0.15, -0.1) is 0 Å². The van der Waals surface area contributed by atoms with Crippen LogP contribution in [-0.2, 0) is 13.1 Å². The van der Waals surface area contributed by atoms with Crippen LogP contribution in [0.2, 0.25) is 0 Å². The van der Waals surface area contributed by atoms with Crippen LogP contribution in [0.25, 0.3) is 0 Å². The topological polar surface area (TPSA) is 29.9 Å². The molecule has 0 aliphatic carbocycles. The van der Waals surface area contributed by atoms with Crippen molar-refractivity contribution < 1.29 is 0 Å². The fraction of sp³-hybridized carbons (Fsp3) is 0.357. The van der Waals surface area contributed by atoms with Crippen molar-refractivity contribution in [1.29, 1.82) is 0 Å². The lowest BCUT2D eigenvalue weighted by atomic mass is 10.2. The molecule has 1 heterocycles. The van der Waals surface area contributed by atoms with E-state index in [1.807, 2.05) is 18.5 Å². The number of rotatable bonds is 5. The quantitative estimate of drug-likeness (QED) is 0.905. The zero-order valence-corrected chi connectivity index (χ0v) is 12.4. The van der Waals surface area contributed by atoms with Crippen LogP contribution in [0.4, 0.5) is 5.69 Å². The molecule has 0 saturated carbocycles. The summed E-state index contributed by atoms with van der Waals surface area (Å²) < 4.78 is 3.30. The van der Waals surface area contributed by atoms with Crippen LogP contribution in [0, 0.1) is 6.92 Å². The van der Waals surface area contributed by atoms with E-state index < -0.39 is 0 Å². The van der Waals surface area contributed by atoms with Gasteiger partial charge in [-0.25, -0.2) is 4.98 Å². The number of anilines is 1. The minimum atomic E-state index is 0.759. The molecule has 0 fully saturated rings. The Morgan fingerprint density at radius 3 is 2.94 bits per heavy atom. The van der Waals surface area contributed by atoms with Crippen LogP contribution < -0.4 is 5.32 Å². The van der Waals surface area contributed by atoms with Crippen molar-refractivity contribution >= 4 is 21.6 Å². The number of nitrogens with one attached hydrogen (secondary N) is 1. The third kappa shape index (κ3) is 3.13. The van der Waals surface area contributed by atoms with Crippen molar-refractivity contribution in [3.05, 3.63) is 46.5 Å². The van der Waals surface area contributed by atoms with Gasteiger partial charge in [-0.3, -0.25) is 0 Å². The van der Waals surface area contributed by atoms with Gasteiger partial charge < -0.3 is 9.88 Å². The van der Waals surface area contributed by atoms with Gasteiger partial charge in [-0.1, -0.05) is 22.9 Å². The van der Waals surface area contributed by atoms with Crippen molar-refractivity contribution in [3.63, 3.8) is 0 Å². The molecule has 0 radical (unpaired) electrons. The van der Waals surface area contributed by atoms with Gasteiger partial charge in [0.25, 0.3) is 0 Å². The molecule has 0 aliphatic heterocycles. The average molecular weight is 308 g/mol. The fourth-order valence-corrected chi connectivity index (χ4v) is 2.43. The lowest BCUT2D eigenvalue weighted by Gasteiger charge is -2.11. The third-order valence-corrected chi connectivity index (χ3v) is 3.38. The Balaban J connectivity index is 2.04. The second-order valence-corrected chi connectivity index (χ2v) is 5.27. The molecule has 0 unspecified atom stereocenters. The maximum atomic E-state index is 4.39. The molecule has 0 aliphatic rings. The summed E-state index contributed by atoms with van der Waals surface area (Å²) in [5.74, 6) is 1.08. The highest BCUT2D eigenvalue weighted by Gasteiger charge is 2.03. The van der Waals surface area contributed by atoms with E-state index >= 15 is 0 Å². The maximum absolute atomic E-state index is 4.39. The summed E-state index contributed by atoms with van der Waals surface area (Å²) in [6, 6.07) is 6.25. The van der Waals surface area contributed by atoms with Gasteiger partial charge in [-0.05, 0) is 37.1 Å². The summed E-state index contributed by atoms with van der Waals surface area (Å²) in [5.41, 5.74) is 2.39. The molecule has 2 rings (SSSR count). The largest absolute Gasteiger partial charge is 0.378 e. The first-order chi connectivity index (χ1) is 8.70. The highest BCUT2D eigenvalue weighted by molar-refractivity contribution is 9.10. The van der Waals surface area contributed by atoms with Gasteiger partial charge >= 0.3 is 0 Å². The van der Waals surface area contributed by atoms with Crippen molar-refractivity contribution in [2.24, 2.45) is 0 Å². The van der Waals surface area contributed by atoms with Gasteiger partial charge in [0.05, 0.1) is 6.54 Å². The Bertz CT molecular complexity index is 520. The van der Waals surface area contributed by atoms with Crippen LogP contribution in [0.5, 0.6) is 0 Å². The summed E-state index contributed by atoms with van der Waals surface area (Å²) >= 11 is 3.47. The van der Waals surface area contributed by atoms with Crippen molar-refractivity contribution in [3.8, 4) is 0 Å². The predicted octanol–water partition coefficient (Wildman–Crippen LogP) is 3.98. The maximum Gasteiger partial charge on any atom is 0.128 e. The van der Waals surface area contributed by atoms with E-state index in [-0.39, 0.29) is 0 Å². The lowest BCUT2D eigenvalue weighted by Crippen LogP contribution is -2.09. The summed E-state index contributed by atoms with van der Waals surface area (Å²) in [5, 5.41) is 3.44. The molecule has 0 atom stereocenters. The van der Waals surface area contributed by atoms with E-state index in [9.17, 15) is 0 Å². The van der Waals surface area contributed by atoms with Crippen LogP contribution in [0.15, 0.2) is 35.1 Å². The molecule has 18 heavy (non-hydrogen) atoms. The van der Waals surface area contributed by atoms with E-state index in [1.165, 1.54) is 5.56 Å². The number of imidazole rings is 1. The molecule has 4 heteroatoms. The van der Waals surface area contributed by atoms with E-state index in [0.29, 0.717) is 0 Å². The Morgan fingerprint density at radius 2 is 2.22 bits per heavy atom. The Kier molecular flexibility index (Phi) is 4.42. The zero-order valence-electron chi connectivity index (χ0n) is 10.8. The SMILES string of the molecule is CCCn1ccnc1CNc1ccc(Br)cc1C. The molecule has 1 aromatic carbocycles. The first kappa shape index (κ1) is 13.1. The van der Waals surface area contributed by atoms with Crippen LogP contribution in [-0.4, -0.2) is 9.55 Å². The molecule has 0 saturated heterocycles. The van der Waals surface area contributed by atoms with Crippen molar-refractivity contribution in [2.75, 3.05) is 5.32 Å². The predicted molar refractivity (Wildman–Crippen MR) is 78.7 cm³/mol. The number of hydrogen-bond donors (Lipinski definition) is 1. The molecule has 0 amide bonds. The molecule has 96 valence electrons. The van der Waals surface area contributed by atoms with Gasteiger partial charge in [0, 0.05) is 29.1 Å². The summed E-state index contributed by atoms with van der Waals surface area (Å²) in [7, 11) is 0. The zero-order chi connectivity index (χ0) is 13.0. The Labute approximate surface area is 116 Å². The standard InChI is InChI=1S/C14H18BrN3/c1-3-7-18-8-6-16-14(18)10-17-13-5-4-12(15)9-11(13)2/h4-6,8-9,17H,3,7,10H2,1-2H3. The number of aryl methyl sites for hydroxylation is 2. The number of aromatic nitrogens is 2. The van der Waals surface area contributed by atoms with Crippen LogP contribution >= 0.6 is 15.9 Å². The first-order valence-electron chi connectivity index (χ1n) is 6.20. The molecular formula is C14H18BrN3. The minimum absolute atomic E-state index is 0.759. The van der Waals surface area contributed by atoms with E-state index in [1.54, 1.807) is 0 Å². The number of benzene rings is 1. The normalized spacial score (nSPS) is 10.6. The van der Waals surface area contributed by atoms with Crippen LogP contribution in [0.1, 0.15) is 24.7 Å². The van der Waals surface area contributed by atoms with E-state index in [2.05, 4.69) is 56.8 Å². The van der Waals surface area contributed by atoms with Crippen molar-refractivity contribution in [1.82, 2.24) is 9.55 Å². The van der Waals surface area contributed by atoms with Gasteiger partial charge in [-0.2, -0.15) is 0 Å². The van der Waals surface area contributed by atoms with Gasteiger partial charge in [0.2, 0.25) is 0 Å². The lowest BCUT2D eigenvalue weighted by molar-refractivity contribution is 0.644. The van der Waals surface area contributed by atoms with Crippen molar-refractivity contribution in [2.45, 2.75) is 33.4 Å². The average Bonchev–Trinajstić information content (AvgIpc) is 2.76. The summed E-state index contributed by atoms with van der Waals surface area (Å²) in [6.45, 7) is 6.06. The Hall–Kier alpha value is -1.29. The third-order valence-electron chi connectivity index (χ3n) is 2.89. The van der Waals surface area contributed by atoms with E-state index in [0.717, 1.165) is 35.5 Å². The molecule has 2 aromatic rings. The number of hydrogen-bond acceptors (Lipinski definition) is 2.